The highest BCUT2D eigenvalue weighted by Gasteiger charge is 2.39. The van der Waals surface area contributed by atoms with E-state index in [2.05, 4.69) is 10.6 Å². The summed E-state index contributed by atoms with van der Waals surface area (Å²) in [5, 5.41) is 14.5. The highest BCUT2D eigenvalue weighted by molar-refractivity contribution is 7.98. The van der Waals surface area contributed by atoms with Crippen molar-refractivity contribution in [1.29, 1.82) is 0 Å². The lowest BCUT2D eigenvalue weighted by Crippen LogP contribution is -2.47. The predicted octanol–water partition coefficient (Wildman–Crippen LogP) is 1.93. The first-order valence-electron chi connectivity index (χ1n) is 7.36. The third-order valence-corrected chi connectivity index (χ3v) is 5.27. The maximum Gasteiger partial charge on any atom is 0.326 e. The van der Waals surface area contributed by atoms with Crippen LogP contribution in [-0.4, -0.2) is 41.7 Å². The van der Waals surface area contributed by atoms with E-state index < -0.39 is 12.0 Å². The van der Waals surface area contributed by atoms with Crippen molar-refractivity contribution in [2.75, 3.05) is 18.6 Å². The number of amides is 2. The number of fused-ring (bicyclic) bond motifs is 2. The van der Waals surface area contributed by atoms with Crippen molar-refractivity contribution in [2.45, 2.75) is 38.1 Å². The minimum atomic E-state index is -0.964. The molecule has 6 heteroatoms. The van der Waals surface area contributed by atoms with Crippen LogP contribution in [0.2, 0.25) is 0 Å². The molecule has 20 heavy (non-hydrogen) atoms. The SMILES string of the molecule is CSCC[C@H](NC(=O)NCC1CC2CCC1C2)C(=O)O. The zero-order valence-corrected chi connectivity index (χ0v) is 12.7. The summed E-state index contributed by atoms with van der Waals surface area (Å²) in [4.78, 5) is 22.8. The van der Waals surface area contributed by atoms with Gasteiger partial charge in [0.15, 0.2) is 0 Å². The number of aliphatic carboxylic acids is 1. The second-order valence-electron chi connectivity index (χ2n) is 5.96. The van der Waals surface area contributed by atoms with Gasteiger partial charge in [0, 0.05) is 6.54 Å². The summed E-state index contributed by atoms with van der Waals surface area (Å²) in [5.74, 6) is 1.99. The maximum atomic E-state index is 11.8. The number of nitrogens with one attached hydrogen (secondary N) is 2. The Labute approximate surface area is 124 Å². The zero-order chi connectivity index (χ0) is 14.5. The van der Waals surface area contributed by atoms with Crippen LogP contribution in [0.1, 0.15) is 32.1 Å². The number of rotatable bonds is 7. The summed E-state index contributed by atoms with van der Waals surface area (Å²) in [5.41, 5.74) is 0. The smallest absolute Gasteiger partial charge is 0.326 e. The Bertz CT molecular complexity index is 364. The van der Waals surface area contributed by atoms with Gasteiger partial charge in [-0.1, -0.05) is 6.42 Å². The van der Waals surface area contributed by atoms with Crippen LogP contribution >= 0.6 is 11.8 Å². The minimum Gasteiger partial charge on any atom is -0.480 e. The molecule has 114 valence electrons. The molecule has 0 radical (unpaired) electrons. The van der Waals surface area contributed by atoms with E-state index in [9.17, 15) is 9.59 Å². The Hall–Kier alpha value is -0.910. The van der Waals surface area contributed by atoms with Gasteiger partial charge in [-0.2, -0.15) is 11.8 Å². The van der Waals surface area contributed by atoms with Crippen LogP contribution in [0, 0.1) is 17.8 Å². The van der Waals surface area contributed by atoms with Crippen LogP contribution in [0.25, 0.3) is 0 Å². The molecule has 2 aliphatic rings. The third-order valence-electron chi connectivity index (χ3n) is 4.62. The van der Waals surface area contributed by atoms with Crippen LogP contribution in [0.3, 0.4) is 0 Å². The van der Waals surface area contributed by atoms with Crippen molar-refractivity contribution < 1.29 is 14.7 Å². The standard InChI is InChI=1S/C14H24N2O3S/c1-20-5-4-12(13(17)18)16-14(19)15-8-11-7-9-2-3-10(11)6-9/h9-12H,2-8H2,1H3,(H,17,18)(H2,15,16,19)/t9?,10?,11?,12-/m0/s1. The van der Waals surface area contributed by atoms with Crippen LogP contribution < -0.4 is 10.6 Å². The fourth-order valence-electron chi connectivity index (χ4n) is 3.55. The summed E-state index contributed by atoms with van der Waals surface area (Å²) < 4.78 is 0. The second-order valence-corrected chi connectivity index (χ2v) is 6.95. The number of carboxylic acid groups (broad SMARTS) is 1. The van der Waals surface area contributed by atoms with Gasteiger partial charge in [-0.25, -0.2) is 9.59 Å². The van der Waals surface area contributed by atoms with Crippen LogP contribution in [0.4, 0.5) is 4.79 Å². The molecule has 2 fully saturated rings. The molecule has 3 unspecified atom stereocenters. The van der Waals surface area contributed by atoms with Crippen molar-refractivity contribution >= 4 is 23.8 Å². The van der Waals surface area contributed by atoms with E-state index in [1.54, 1.807) is 11.8 Å². The lowest BCUT2D eigenvalue weighted by Gasteiger charge is -2.22. The molecule has 4 atom stereocenters. The number of urea groups is 1. The monoisotopic (exact) mass is 300 g/mol. The van der Waals surface area contributed by atoms with Crippen LogP contribution in [-0.2, 0) is 4.79 Å². The average molecular weight is 300 g/mol. The number of hydrogen-bond acceptors (Lipinski definition) is 3. The molecule has 0 aromatic heterocycles. The lowest BCUT2D eigenvalue weighted by atomic mass is 9.89. The number of hydrogen-bond donors (Lipinski definition) is 3. The molecule has 0 aromatic rings. The topological polar surface area (TPSA) is 78.4 Å². The number of carboxylic acids is 1. The molecular formula is C14H24N2O3S. The molecule has 0 aromatic carbocycles. The van der Waals surface area contributed by atoms with E-state index in [0.717, 1.165) is 17.6 Å². The Balaban J connectivity index is 1.69. The minimum absolute atomic E-state index is 0.346. The molecule has 0 heterocycles. The molecule has 0 spiro atoms. The van der Waals surface area contributed by atoms with Crippen LogP contribution in [0.5, 0.6) is 0 Å². The predicted molar refractivity (Wildman–Crippen MR) is 79.9 cm³/mol. The van der Waals surface area contributed by atoms with Crippen molar-refractivity contribution in [2.24, 2.45) is 17.8 Å². The molecule has 0 aliphatic heterocycles. The molecular weight excluding hydrogens is 276 g/mol. The Kier molecular flexibility index (Phi) is 5.57. The van der Waals surface area contributed by atoms with E-state index in [1.807, 2.05) is 6.26 Å². The molecule has 2 aliphatic carbocycles. The molecule has 2 rings (SSSR count). The number of carbonyl (C=O) groups is 2. The van der Waals surface area contributed by atoms with Crippen molar-refractivity contribution in [1.82, 2.24) is 10.6 Å². The first kappa shape index (κ1) is 15.5. The molecule has 3 N–H and O–H groups in total. The normalized spacial score (nSPS) is 29.1. The van der Waals surface area contributed by atoms with E-state index in [0.29, 0.717) is 18.9 Å². The summed E-state index contributed by atoms with van der Waals surface area (Å²) >= 11 is 1.58. The first-order valence-corrected chi connectivity index (χ1v) is 8.75. The largest absolute Gasteiger partial charge is 0.480 e. The highest BCUT2D eigenvalue weighted by atomic mass is 32.2. The van der Waals surface area contributed by atoms with Crippen molar-refractivity contribution in [3.63, 3.8) is 0 Å². The first-order chi connectivity index (χ1) is 9.60. The summed E-state index contributed by atoms with van der Waals surface area (Å²) in [6.45, 7) is 0.682. The summed E-state index contributed by atoms with van der Waals surface area (Å²) in [6.07, 6.45) is 7.57. The van der Waals surface area contributed by atoms with E-state index in [-0.39, 0.29) is 6.03 Å². The zero-order valence-electron chi connectivity index (χ0n) is 11.9. The fraction of sp³-hybridized carbons (Fsp3) is 0.857. The molecule has 2 bridgehead atoms. The Morgan fingerprint density at radius 3 is 2.70 bits per heavy atom. The Morgan fingerprint density at radius 1 is 1.35 bits per heavy atom. The van der Waals surface area contributed by atoms with Gasteiger partial charge in [-0.05, 0) is 55.4 Å². The second kappa shape index (κ2) is 7.20. The lowest BCUT2D eigenvalue weighted by molar-refractivity contribution is -0.139. The molecule has 2 saturated carbocycles. The third kappa shape index (κ3) is 4.04. The highest BCUT2D eigenvalue weighted by Crippen LogP contribution is 2.47. The van der Waals surface area contributed by atoms with E-state index >= 15 is 0 Å². The van der Waals surface area contributed by atoms with Gasteiger partial charge in [0.05, 0.1) is 0 Å². The van der Waals surface area contributed by atoms with Crippen LogP contribution in [0.15, 0.2) is 0 Å². The van der Waals surface area contributed by atoms with Gasteiger partial charge in [-0.15, -0.1) is 0 Å². The summed E-state index contributed by atoms with van der Waals surface area (Å²) in [7, 11) is 0. The van der Waals surface area contributed by atoms with Gasteiger partial charge in [0.2, 0.25) is 0 Å². The van der Waals surface area contributed by atoms with Gasteiger partial charge < -0.3 is 15.7 Å². The van der Waals surface area contributed by atoms with Gasteiger partial charge in [-0.3, -0.25) is 0 Å². The van der Waals surface area contributed by atoms with Crippen molar-refractivity contribution in [3.05, 3.63) is 0 Å². The Morgan fingerprint density at radius 2 is 2.15 bits per heavy atom. The van der Waals surface area contributed by atoms with Gasteiger partial charge >= 0.3 is 12.0 Å². The van der Waals surface area contributed by atoms with Gasteiger partial charge in [0.1, 0.15) is 6.04 Å². The fourth-order valence-corrected chi connectivity index (χ4v) is 4.02. The number of carbonyl (C=O) groups excluding carboxylic acids is 1. The molecule has 2 amide bonds. The quantitative estimate of drug-likeness (QED) is 0.671. The molecule has 0 saturated heterocycles. The number of thioether (sulfide) groups is 1. The summed E-state index contributed by atoms with van der Waals surface area (Å²) in [6, 6.07) is -1.14. The average Bonchev–Trinajstić information content (AvgIpc) is 3.03. The van der Waals surface area contributed by atoms with Gasteiger partial charge in [0.25, 0.3) is 0 Å². The molecule has 5 nitrogen and oxygen atoms in total. The maximum absolute atomic E-state index is 11.8. The van der Waals surface area contributed by atoms with E-state index in [1.165, 1.54) is 25.7 Å². The van der Waals surface area contributed by atoms with E-state index in [4.69, 9.17) is 5.11 Å². The van der Waals surface area contributed by atoms with Crippen molar-refractivity contribution in [3.8, 4) is 0 Å².